The normalized spacial score (nSPS) is 16.0. The molecule has 3 aromatic rings. The van der Waals surface area contributed by atoms with E-state index in [-0.39, 0.29) is 12.5 Å². The number of rotatable bonds is 4. The van der Waals surface area contributed by atoms with Crippen molar-refractivity contribution in [1.82, 2.24) is 29.5 Å². The molecule has 2 aliphatic rings. The number of piperazine rings is 1. The van der Waals surface area contributed by atoms with Crippen LogP contribution in [-0.2, 0) is 4.79 Å². The first-order valence-electron chi connectivity index (χ1n) is 10.3. The number of fused-ring (bicyclic) bond motifs is 1. The zero-order chi connectivity index (χ0) is 22.2. The summed E-state index contributed by atoms with van der Waals surface area (Å²) in [5, 5.41) is 8.61. The molecule has 1 saturated heterocycles. The van der Waals surface area contributed by atoms with Crippen molar-refractivity contribution in [2.45, 2.75) is 6.92 Å². The summed E-state index contributed by atoms with van der Waals surface area (Å²) in [6, 6.07) is 10.4. The molecule has 0 atom stereocenters. The Hall–Kier alpha value is -4.08. The Morgan fingerprint density at radius 1 is 0.906 bits per heavy atom. The van der Waals surface area contributed by atoms with Gasteiger partial charge in [0, 0.05) is 38.6 Å². The van der Waals surface area contributed by atoms with Gasteiger partial charge >= 0.3 is 0 Å². The first-order valence-corrected chi connectivity index (χ1v) is 10.3. The van der Waals surface area contributed by atoms with Crippen LogP contribution in [0.4, 0.5) is 5.82 Å². The predicted octanol–water partition coefficient (Wildman–Crippen LogP) is 0.916. The number of anilines is 1. The van der Waals surface area contributed by atoms with Crippen LogP contribution in [0.15, 0.2) is 48.8 Å². The molecule has 1 aromatic carbocycles. The first kappa shape index (κ1) is 19.9. The summed E-state index contributed by atoms with van der Waals surface area (Å²) in [7, 11) is 0. The van der Waals surface area contributed by atoms with Crippen LogP contribution >= 0.6 is 0 Å². The number of aryl methyl sites for hydroxylation is 1. The highest BCUT2D eigenvalue weighted by Crippen LogP contribution is 2.22. The summed E-state index contributed by atoms with van der Waals surface area (Å²) >= 11 is 0. The second kappa shape index (κ2) is 7.88. The van der Waals surface area contributed by atoms with Crippen LogP contribution in [0.1, 0.15) is 26.5 Å². The molecule has 10 heteroatoms. The molecule has 162 valence electrons. The monoisotopic (exact) mass is 431 g/mol. The van der Waals surface area contributed by atoms with E-state index in [1.165, 1.54) is 0 Å². The van der Waals surface area contributed by atoms with Crippen LogP contribution in [-0.4, -0.2) is 80.0 Å². The number of hydrogen-bond donors (Lipinski definition) is 0. The largest absolute Gasteiger partial charge is 0.352 e. The highest BCUT2D eigenvalue weighted by Gasteiger charge is 2.37. The maximum absolute atomic E-state index is 12.8. The molecule has 1 fully saturated rings. The fraction of sp³-hybridized carbons (Fsp3) is 0.273. The van der Waals surface area contributed by atoms with Gasteiger partial charge in [0.05, 0.1) is 11.1 Å². The molecule has 10 nitrogen and oxygen atoms in total. The lowest BCUT2D eigenvalue weighted by molar-refractivity contribution is -0.131. The van der Waals surface area contributed by atoms with Crippen molar-refractivity contribution >= 4 is 23.5 Å². The van der Waals surface area contributed by atoms with Crippen molar-refractivity contribution < 1.29 is 14.4 Å². The number of amides is 3. The number of imidazole rings is 1. The number of benzene rings is 1. The van der Waals surface area contributed by atoms with E-state index in [2.05, 4.69) is 20.1 Å². The molecule has 5 rings (SSSR count). The molecule has 0 bridgehead atoms. The van der Waals surface area contributed by atoms with Crippen LogP contribution in [0.25, 0.3) is 5.82 Å². The quantitative estimate of drug-likeness (QED) is 0.566. The smallest absolute Gasteiger partial charge is 0.262 e. The van der Waals surface area contributed by atoms with Gasteiger partial charge in [0.25, 0.3) is 11.8 Å². The van der Waals surface area contributed by atoms with Gasteiger partial charge in [0.1, 0.15) is 12.4 Å². The summed E-state index contributed by atoms with van der Waals surface area (Å²) in [5.74, 6) is 1.19. The van der Waals surface area contributed by atoms with Gasteiger partial charge < -0.3 is 9.80 Å². The Balaban J connectivity index is 1.19. The Bertz CT molecular complexity index is 1160. The number of carbonyl (C=O) groups excluding carboxylic acids is 3. The minimum atomic E-state index is -0.416. The first-order chi connectivity index (χ1) is 15.5. The molecule has 2 aliphatic heterocycles. The van der Waals surface area contributed by atoms with Crippen LogP contribution < -0.4 is 4.90 Å². The second-order valence-electron chi connectivity index (χ2n) is 7.70. The lowest BCUT2D eigenvalue weighted by Gasteiger charge is -2.35. The summed E-state index contributed by atoms with van der Waals surface area (Å²) in [5.41, 5.74) is 0.700. The molecule has 3 amide bonds. The van der Waals surface area contributed by atoms with Crippen molar-refractivity contribution in [3.8, 4) is 5.82 Å². The molecule has 0 N–H and O–H groups in total. The summed E-state index contributed by atoms with van der Waals surface area (Å²) in [6.07, 6.45) is 3.54. The number of hydrogen-bond acceptors (Lipinski definition) is 7. The van der Waals surface area contributed by atoms with Gasteiger partial charge in [0.15, 0.2) is 11.6 Å². The van der Waals surface area contributed by atoms with E-state index < -0.39 is 11.8 Å². The Labute approximate surface area is 184 Å². The highest BCUT2D eigenvalue weighted by atomic mass is 16.2. The van der Waals surface area contributed by atoms with Gasteiger partial charge in [-0.3, -0.25) is 23.9 Å². The summed E-state index contributed by atoms with van der Waals surface area (Å²) in [6.45, 7) is 3.79. The molecule has 0 radical (unpaired) electrons. The zero-order valence-corrected chi connectivity index (χ0v) is 17.5. The molecule has 4 heterocycles. The molecular weight excluding hydrogens is 410 g/mol. The van der Waals surface area contributed by atoms with Crippen molar-refractivity contribution in [3.63, 3.8) is 0 Å². The minimum Gasteiger partial charge on any atom is -0.352 e. The van der Waals surface area contributed by atoms with Gasteiger partial charge in [-0.25, -0.2) is 4.98 Å². The van der Waals surface area contributed by atoms with Gasteiger partial charge in [-0.15, -0.1) is 10.2 Å². The van der Waals surface area contributed by atoms with E-state index in [1.807, 2.05) is 29.8 Å². The SMILES string of the molecule is Cc1nccn1-c1ccc(N2CCN(C(=O)CN3C(=O)c4ccccc4C3=O)CC2)nn1. The number of aromatic nitrogens is 4. The average Bonchev–Trinajstić information content (AvgIpc) is 3.36. The molecule has 0 aliphatic carbocycles. The molecule has 0 saturated carbocycles. The van der Waals surface area contributed by atoms with Crippen LogP contribution in [0.2, 0.25) is 0 Å². The molecule has 0 spiro atoms. The molecule has 32 heavy (non-hydrogen) atoms. The second-order valence-corrected chi connectivity index (χ2v) is 7.70. The highest BCUT2D eigenvalue weighted by molar-refractivity contribution is 6.22. The third kappa shape index (κ3) is 3.39. The standard InChI is InChI=1S/C22H21N7O3/c1-15-23-8-9-28(15)19-7-6-18(24-25-19)26-10-12-27(13-11-26)20(30)14-29-21(31)16-4-2-3-5-17(16)22(29)32/h2-9H,10-14H2,1H3. The average molecular weight is 431 g/mol. The predicted molar refractivity (Wildman–Crippen MR) is 114 cm³/mol. The maximum atomic E-state index is 12.8. The van der Waals surface area contributed by atoms with E-state index in [0.29, 0.717) is 43.1 Å². The van der Waals surface area contributed by atoms with Crippen molar-refractivity contribution in [2.24, 2.45) is 0 Å². The van der Waals surface area contributed by atoms with Crippen molar-refractivity contribution in [1.29, 1.82) is 0 Å². The van der Waals surface area contributed by atoms with Gasteiger partial charge in [0.2, 0.25) is 5.91 Å². The van der Waals surface area contributed by atoms with Crippen LogP contribution in [0.3, 0.4) is 0 Å². The fourth-order valence-electron chi connectivity index (χ4n) is 4.04. The van der Waals surface area contributed by atoms with Gasteiger partial charge in [-0.1, -0.05) is 12.1 Å². The topological polar surface area (TPSA) is 105 Å². The van der Waals surface area contributed by atoms with Crippen LogP contribution in [0.5, 0.6) is 0 Å². The third-order valence-electron chi connectivity index (χ3n) is 5.84. The molecule has 2 aromatic heterocycles. The minimum absolute atomic E-state index is 0.240. The zero-order valence-electron chi connectivity index (χ0n) is 17.5. The summed E-state index contributed by atoms with van der Waals surface area (Å²) in [4.78, 5) is 46.7. The number of nitrogens with zero attached hydrogens (tertiary/aromatic N) is 7. The van der Waals surface area contributed by atoms with Crippen LogP contribution in [0, 0.1) is 6.92 Å². The molecule has 0 unspecified atom stereocenters. The van der Waals surface area contributed by atoms with E-state index in [4.69, 9.17) is 0 Å². The fourth-order valence-corrected chi connectivity index (χ4v) is 4.04. The van der Waals surface area contributed by atoms with Crippen molar-refractivity contribution in [2.75, 3.05) is 37.6 Å². The Morgan fingerprint density at radius 2 is 1.53 bits per heavy atom. The van der Waals surface area contributed by atoms with E-state index in [0.717, 1.165) is 16.5 Å². The number of imide groups is 1. The Morgan fingerprint density at radius 3 is 2.09 bits per heavy atom. The van der Waals surface area contributed by atoms with Gasteiger partial charge in [-0.05, 0) is 31.2 Å². The Kier molecular flexibility index (Phi) is 4.89. The molecular formula is C22H21N7O3. The summed E-state index contributed by atoms with van der Waals surface area (Å²) < 4.78 is 1.85. The lowest BCUT2D eigenvalue weighted by Crippen LogP contribution is -2.52. The van der Waals surface area contributed by atoms with E-state index in [1.54, 1.807) is 35.4 Å². The maximum Gasteiger partial charge on any atom is 0.262 e. The van der Waals surface area contributed by atoms with Gasteiger partial charge in [-0.2, -0.15) is 0 Å². The lowest BCUT2D eigenvalue weighted by atomic mass is 10.1. The van der Waals surface area contributed by atoms with E-state index >= 15 is 0 Å². The van der Waals surface area contributed by atoms with E-state index in [9.17, 15) is 14.4 Å². The number of carbonyl (C=O) groups is 3. The third-order valence-corrected chi connectivity index (χ3v) is 5.84. The van der Waals surface area contributed by atoms with Crippen molar-refractivity contribution in [3.05, 3.63) is 65.7 Å².